The van der Waals surface area contributed by atoms with Crippen molar-refractivity contribution in [2.45, 2.75) is 19.8 Å². The van der Waals surface area contributed by atoms with Gasteiger partial charge in [-0.05, 0) is 30.0 Å². The second-order valence-electron chi connectivity index (χ2n) is 6.58. The van der Waals surface area contributed by atoms with E-state index in [4.69, 9.17) is 24.5 Å². The second-order valence-corrected chi connectivity index (χ2v) is 7.53. The van der Waals surface area contributed by atoms with Crippen LogP contribution in [0.25, 0.3) is 21.7 Å². The molecule has 8 heteroatoms. The van der Waals surface area contributed by atoms with Gasteiger partial charge in [-0.3, -0.25) is 4.68 Å². The third-order valence-electron chi connectivity index (χ3n) is 4.62. The molecule has 0 spiro atoms. The van der Waals surface area contributed by atoms with Crippen molar-refractivity contribution in [3.8, 4) is 22.2 Å². The molecular weight excluding hydrogens is 374 g/mol. The minimum Gasteiger partial charge on any atom is -0.454 e. The first-order chi connectivity index (χ1) is 13.7. The number of hydrogen-bond donors (Lipinski definition) is 1. The Morgan fingerprint density at radius 2 is 2.07 bits per heavy atom. The summed E-state index contributed by atoms with van der Waals surface area (Å²) in [6, 6.07) is 9.82. The minimum absolute atomic E-state index is 0.251. The van der Waals surface area contributed by atoms with Crippen LogP contribution in [-0.2, 0) is 13.5 Å². The molecule has 0 fully saturated rings. The van der Waals surface area contributed by atoms with Gasteiger partial charge in [-0.1, -0.05) is 19.4 Å². The highest BCUT2D eigenvalue weighted by Gasteiger charge is 2.19. The van der Waals surface area contributed by atoms with Crippen LogP contribution in [-0.4, -0.2) is 26.5 Å². The molecule has 1 aliphatic heterocycles. The van der Waals surface area contributed by atoms with Crippen LogP contribution in [0.5, 0.6) is 11.5 Å². The number of rotatable bonds is 5. The first-order valence-electron chi connectivity index (χ1n) is 9.17. The molecular formula is C20H19N5O2S. The Hall–Kier alpha value is -3.13. The molecule has 4 aromatic rings. The summed E-state index contributed by atoms with van der Waals surface area (Å²) in [6.45, 7) is 2.40. The lowest BCUT2D eigenvalue weighted by Crippen LogP contribution is -2.01. The molecule has 0 atom stereocenters. The summed E-state index contributed by atoms with van der Waals surface area (Å²) in [5.41, 5.74) is 3.65. The average Bonchev–Trinajstić information content (AvgIpc) is 3.43. The lowest BCUT2D eigenvalue weighted by atomic mass is 10.2. The fourth-order valence-corrected chi connectivity index (χ4v) is 4.02. The first kappa shape index (κ1) is 17.0. The summed E-state index contributed by atoms with van der Waals surface area (Å²) >= 11 is 1.63. The predicted octanol–water partition coefficient (Wildman–Crippen LogP) is 4.52. The highest BCUT2D eigenvalue weighted by Crippen LogP contribution is 2.36. The topological polar surface area (TPSA) is 74.1 Å². The Bertz CT molecular complexity index is 1150. The van der Waals surface area contributed by atoms with Gasteiger partial charge >= 0.3 is 0 Å². The molecule has 0 amide bonds. The van der Waals surface area contributed by atoms with E-state index < -0.39 is 0 Å². The molecule has 4 heterocycles. The van der Waals surface area contributed by atoms with Crippen molar-refractivity contribution in [3.05, 3.63) is 41.4 Å². The van der Waals surface area contributed by atoms with Crippen LogP contribution in [0.3, 0.4) is 0 Å². The van der Waals surface area contributed by atoms with E-state index in [0.717, 1.165) is 57.5 Å². The summed E-state index contributed by atoms with van der Waals surface area (Å²) in [7, 11) is 1.93. The zero-order valence-electron chi connectivity index (χ0n) is 15.6. The second kappa shape index (κ2) is 6.79. The lowest BCUT2D eigenvalue weighted by Gasteiger charge is -2.10. The zero-order valence-corrected chi connectivity index (χ0v) is 16.4. The van der Waals surface area contributed by atoms with Crippen LogP contribution in [0, 0.1) is 0 Å². The van der Waals surface area contributed by atoms with Gasteiger partial charge in [-0.25, -0.2) is 9.97 Å². The molecule has 0 unspecified atom stereocenters. The van der Waals surface area contributed by atoms with Crippen molar-refractivity contribution in [1.82, 2.24) is 19.7 Å². The molecule has 0 bridgehead atoms. The van der Waals surface area contributed by atoms with Crippen LogP contribution >= 0.6 is 11.3 Å². The number of fused-ring (bicyclic) bond motifs is 2. The molecule has 0 saturated heterocycles. The van der Waals surface area contributed by atoms with Gasteiger partial charge in [0.05, 0.1) is 10.6 Å². The van der Waals surface area contributed by atoms with Crippen LogP contribution in [0.15, 0.2) is 35.7 Å². The zero-order chi connectivity index (χ0) is 19.1. The number of aromatic nitrogens is 4. The summed E-state index contributed by atoms with van der Waals surface area (Å²) in [5.74, 6) is 2.91. The normalized spacial score (nSPS) is 12.6. The van der Waals surface area contributed by atoms with E-state index in [1.54, 1.807) is 11.3 Å². The van der Waals surface area contributed by atoms with E-state index in [0.29, 0.717) is 5.82 Å². The van der Waals surface area contributed by atoms with Crippen molar-refractivity contribution in [1.29, 1.82) is 0 Å². The maximum atomic E-state index is 5.50. The van der Waals surface area contributed by atoms with Gasteiger partial charge in [-0.15, -0.1) is 11.3 Å². The maximum Gasteiger partial charge on any atom is 0.231 e. The number of thiophene rings is 1. The van der Waals surface area contributed by atoms with Crippen LogP contribution in [0.1, 0.15) is 19.0 Å². The van der Waals surface area contributed by atoms with Gasteiger partial charge < -0.3 is 14.8 Å². The Morgan fingerprint density at radius 1 is 1.18 bits per heavy atom. The molecule has 1 N–H and O–H groups in total. The smallest absolute Gasteiger partial charge is 0.231 e. The number of anilines is 2. The standard InChI is InChI=1S/C20H19N5O2S/c1-3-5-13-17-18(25(2)24-13)20(23-19(22-17)16-6-4-9-28-16)21-12-7-8-14-15(10-12)27-11-26-14/h4,6-10H,3,5,11H2,1-2H3,(H,21,22,23). The van der Waals surface area contributed by atoms with Crippen LogP contribution < -0.4 is 14.8 Å². The third kappa shape index (κ3) is 2.86. The van der Waals surface area contributed by atoms with E-state index >= 15 is 0 Å². The third-order valence-corrected chi connectivity index (χ3v) is 5.48. The molecule has 142 valence electrons. The van der Waals surface area contributed by atoms with Crippen molar-refractivity contribution >= 4 is 33.9 Å². The van der Waals surface area contributed by atoms with Gasteiger partial charge in [0, 0.05) is 18.8 Å². The highest BCUT2D eigenvalue weighted by atomic mass is 32.1. The minimum atomic E-state index is 0.251. The summed E-state index contributed by atoms with van der Waals surface area (Å²) in [6.07, 6.45) is 1.89. The van der Waals surface area contributed by atoms with Crippen molar-refractivity contribution in [2.75, 3.05) is 12.1 Å². The molecule has 7 nitrogen and oxygen atoms in total. The van der Waals surface area contributed by atoms with E-state index in [9.17, 15) is 0 Å². The number of benzene rings is 1. The lowest BCUT2D eigenvalue weighted by molar-refractivity contribution is 0.174. The summed E-state index contributed by atoms with van der Waals surface area (Å²) < 4.78 is 12.8. The predicted molar refractivity (Wildman–Crippen MR) is 109 cm³/mol. The van der Waals surface area contributed by atoms with Crippen molar-refractivity contribution in [2.24, 2.45) is 7.05 Å². The number of nitrogens with zero attached hydrogens (tertiary/aromatic N) is 4. The molecule has 1 aliphatic rings. The van der Waals surface area contributed by atoms with Gasteiger partial charge in [0.2, 0.25) is 6.79 Å². The van der Waals surface area contributed by atoms with Gasteiger partial charge in [0.1, 0.15) is 11.0 Å². The Labute approximate surface area is 166 Å². The fraction of sp³-hybridized carbons (Fsp3) is 0.250. The number of hydrogen-bond acceptors (Lipinski definition) is 7. The summed E-state index contributed by atoms with van der Waals surface area (Å²) in [4.78, 5) is 10.7. The van der Waals surface area contributed by atoms with E-state index in [1.165, 1.54) is 0 Å². The van der Waals surface area contributed by atoms with Crippen molar-refractivity contribution in [3.63, 3.8) is 0 Å². The highest BCUT2D eigenvalue weighted by molar-refractivity contribution is 7.13. The van der Waals surface area contributed by atoms with Gasteiger partial charge in [0.25, 0.3) is 0 Å². The number of aryl methyl sites for hydroxylation is 2. The largest absolute Gasteiger partial charge is 0.454 e. The maximum absolute atomic E-state index is 5.50. The van der Waals surface area contributed by atoms with Gasteiger partial charge in [0.15, 0.2) is 23.1 Å². The fourth-order valence-electron chi connectivity index (χ4n) is 3.36. The Morgan fingerprint density at radius 3 is 2.89 bits per heavy atom. The SMILES string of the molecule is CCCc1nn(C)c2c(Nc3ccc4c(c3)OCO4)nc(-c3cccs3)nc12. The van der Waals surface area contributed by atoms with E-state index in [-0.39, 0.29) is 6.79 Å². The molecule has 0 aliphatic carbocycles. The molecule has 28 heavy (non-hydrogen) atoms. The number of nitrogens with one attached hydrogen (secondary N) is 1. The quantitative estimate of drug-likeness (QED) is 0.537. The van der Waals surface area contributed by atoms with Crippen LogP contribution in [0.2, 0.25) is 0 Å². The monoisotopic (exact) mass is 393 g/mol. The molecule has 1 aromatic carbocycles. The number of ether oxygens (including phenoxy) is 2. The van der Waals surface area contributed by atoms with Gasteiger partial charge in [-0.2, -0.15) is 5.10 Å². The molecule has 0 saturated carbocycles. The van der Waals surface area contributed by atoms with Crippen LogP contribution in [0.4, 0.5) is 11.5 Å². The van der Waals surface area contributed by atoms with E-state index in [1.807, 2.05) is 47.4 Å². The molecule has 3 aromatic heterocycles. The van der Waals surface area contributed by atoms with E-state index in [2.05, 4.69) is 12.2 Å². The Balaban J connectivity index is 1.65. The average molecular weight is 393 g/mol. The first-order valence-corrected chi connectivity index (χ1v) is 10.0. The van der Waals surface area contributed by atoms with Crippen molar-refractivity contribution < 1.29 is 9.47 Å². The molecule has 0 radical (unpaired) electrons. The molecule has 5 rings (SSSR count). The summed E-state index contributed by atoms with van der Waals surface area (Å²) in [5, 5.41) is 10.2. The Kier molecular flexibility index (Phi) is 4.12.